The molecule has 1 heterocycles. The molecule has 1 aliphatic carbocycles. The molecule has 3 N–H and O–H groups in total. The second-order valence-electron chi connectivity index (χ2n) is 4.53. The first-order valence-electron chi connectivity index (χ1n) is 6.22. The van der Waals surface area contributed by atoms with E-state index in [2.05, 4.69) is 10.3 Å². The van der Waals surface area contributed by atoms with E-state index >= 15 is 0 Å². The van der Waals surface area contributed by atoms with Gasteiger partial charge in [0.05, 0.1) is 5.01 Å². The Bertz CT molecular complexity index is 377. The molecule has 0 unspecified atom stereocenters. The number of hydrogen-bond donors (Lipinski definition) is 2. The van der Waals surface area contributed by atoms with E-state index in [-0.39, 0.29) is 18.3 Å². The standard InChI is InChI=1S/C12H19N3OS.ClH/c13-6-5-11-15-10(8-17-11)12(16)14-7-9-3-1-2-4-9;/h8-9H,1-7,13H2,(H,14,16);1H. The van der Waals surface area contributed by atoms with Gasteiger partial charge in [0.15, 0.2) is 0 Å². The zero-order valence-electron chi connectivity index (χ0n) is 10.4. The van der Waals surface area contributed by atoms with Crippen LogP contribution in [0, 0.1) is 5.92 Å². The normalized spacial score (nSPS) is 15.4. The van der Waals surface area contributed by atoms with Crippen LogP contribution in [0.3, 0.4) is 0 Å². The minimum Gasteiger partial charge on any atom is -0.350 e. The molecule has 0 aliphatic heterocycles. The van der Waals surface area contributed by atoms with Gasteiger partial charge in [-0.15, -0.1) is 23.7 Å². The van der Waals surface area contributed by atoms with Gasteiger partial charge in [-0.25, -0.2) is 4.98 Å². The summed E-state index contributed by atoms with van der Waals surface area (Å²) < 4.78 is 0. The molecule has 0 saturated heterocycles. The van der Waals surface area contributed by atoms with Gasteiger partial charge in [-0.1, -0.05) is 12.8 Å². The quantitative estimate of drug-likeness (QED) is 0.871. The lowest BCUT2D eigenvalue weighted by Crippen LogP contribution is -2.28. The minimum atomic E-state index is -0.0450. The Balaban J connectivity index is 0.00000162. The second-order valence-corrected chi connectivity index (χ2v) is 5.47. The summed E-state index contributed by atoms with van der Waals surface area (Å²) in [6, 6.07) is 0. The third-order valence-electron chi connectivity index (χ3n) is 3.17. The Labute approximate surface area is 118 Å². The predicted molar refractivity (Wildman–Crippen MR) is 76.4 cm³/mol. The highest BCUT2D eigenvalue weighted by Crippen LogP contribution is 2.23. The second kappa shape index (κ2) is 7.71. The molecule has 6 heteroatoms. The van der Waals surface area contributed by atoms with Gasteiger partial charge in [0, 0.05) is 18.3 Å². The van der Waals surface area contributed by atoms with Crippen molar-refractivity contribution in [3.63, 3.8) is 0 Å². The summed E-state index contributed by atoms with van der Waals surface area (Å²) in [4.78, 5) is 16.1. The number of nitrogens with two attached hydrogens (primary N) is 1. The molecule has 0 radical (unpaired) electrons. The molecule has 1 aliphatic rings. The van der Waals surface area contributed by atoms with Gasteiger partial charge in [0.1, 0.15) is 5.69 Å². The van der Waals surface area contributed by atoms with Crippen LogP contribution >= 0.6 is 23.7 Å². The Morgan fingerprint density at radius 1 is 1.50 bits per heavy atom. The van der Waals surface area contributed by atoms with Crippen LogP contribution in [-0.2, 0) is 6.42 Å². The number of aromatic nitrogens is 1. The predicted octanol–water partition coefficient (Wildman–Crippen LogP) is 1.99. The van der Waals surface area contributed by atoms with Crippen molar-refractivity contribution in [2.24, 2.45) is 11.7 Å². The minimum absolute atomic E-state index is 0. The fourth-order valence-electron chi connectivity index (χ4n) is 2.20. The van der Waals surface area contributed by atoms with E-state index < -0.39 is 0 Å². The third kappa shape index (κ3) is 4.23. The van der Waals surface area contributed by atoms with Crippen LogP contribution in [0.15, 0.2) is 5.38 Å². The van der Waals surface area contributed by atoms with Crippen molar-refractivity contribution in [1.29, 1.82) is 0 Å². The van der Waals surface area contributed by atoms with E-state index in [4.69, 9.17) is 5.73 Å². The smallest absolute Gasteiger partial charge is 0.270 e. The van der Waals surface area contributed by atoms with Gasteiger partial charge in [0.2, 0.25) is 0 Å². The third-order valence-corrected chi connectivity index (χ3v) is 4.08. The van der Waals surface area contributed by atoms with E-state index in [1.807, 2.05) is 5.38 Å². The number of nitrogens with zero attached hydrogens (tertiary/aromatic N) is 1. The van der Waals surface area contributed by atoms with Crippen molar-refractivity contribution in [2.45, 2.75) is 32.1 Å². The van der Waals surface area contributed by atoms with Crippen molar-refractivity contribution < 1.29 is 4.79 Å². The summed E-state index contributed by atoms with van der Waals surface area (Å²) in [5.74, 6) is 0.623. The Hall–Kier alpha value is -0.650. The molecule has 2 rings (SSSR count). The number of halogens is 1. The highest BCUT2D eigenvalue weighted by Gasteiger charge is 2.17. The first-order chi connectivity index (χ1) is 8.29. The highest BCUT2D eigenvalue weighted by atomic mass is 35.5. The van der Waals surface area contributed by atoms with Crippen LogP contribution in [0.2, 0.25) is 0 Å². The first kappa shape index (κ1) is 15.4. The zero-order chi connectivity index (χ0) is 12.1. The number of rotatable bonds is 5. The van der Waals surface area contributed by atoms with Crippen molar-refractivity contribution in [3.05, 3.63) is 16.1 Å². The summed E-state index contributed by atoms with van der Waals surface area (Å²) in [5.41, 5.74) is 5.99. The topological polar surface area (TPSA) is 68.0 Å². The Morgan fingerprint density at radius 2 is 2.22 bits per heavy atom. The van der Waals surface area contributed by atoms with Gasteiger partial charge in [0.25, 0.3) is 5.91 Å². The Morgan fingerprint density at radius 3 is 2.89 bits per heavy atom. The lowest BCUT2D eigenvalue weighted by molar-refractivity contribution is 0.0943. The van der Waals surface area contributed by atoms with Crippen LogP contribution in [0.5, 0.6) is 0 Å². The maximum atomic E-state index is 11.8. The molecule has 102 valence electrons. The summed E-state index contributed by atoms with van der Waals surface area (Å²) in [6.07, 6.45) is 5.85. The van der Waals surface area contributed by atoms with Crippen LogP contribution in [0.25, 0.3) is 0 Å². The number of amides is 1. The van der Waals surface area contributed by atoms with Crippen LogP contribution in [-0.4, -0.2) is 24.0 Å². The molecule has 0 bridgehead atoms. The highest BCUT2D eigenvalue weighted by molar-refractivity contribution is 7.09. The largest absolute Gasteiger partial charge is 0.350 e. The summed E-state index contributed by atoms with van der Waals surface area (Å²) in [5, 5.41) is 5.73. The van der Waals surface area contributed by atoms with E-state index in [0.717, 1.165) is 18.0 Å². The maximum Gasteiger partial charge on any atom is 0.270 e. The number of carbonyl (C=O) groups excluding carboxylic acids is 1. The summed E-state index contributed by atoms with van der Waals surface area (Å²) in [6.45, 7) is 1.37. The SMILES string of the molecule is Cl.NCCc1nc(C(=O)NCC2CCCC2)cs1. The van der Waals surface area contributed by atoms with Crippen LogP contribution < -0.4 is 11.1 Å². The molecule has 4 nitrogen and oxygen atoms in total. The van der Waals surface area contributed by atoms with E-state index in [9.17, 15) is 4.79 Å². The van der Waals surface area contributed by atoms with Crippen molar-refractivity contribution in [3.8, 4) is 0 Å². The molecule has 0 atom stereocenters. The van der Waals surface area contributed by atoms with E-state index in [0.29, 0.717) is 18.2 Å². The molecule has 1 aromatic heterocycles. The number of carbonyl (C=O) groups is 1. The lowest BCUT2D eigenvalue weighted by atomic mass is 10.1. The fraction of sp³-hybridized carbons (Fsp3) is 0.667. The summed E-state index contributed by atoms with van der Waals surface area (Å²) in [7, 11) is 0. The van der Waals surface area contributed by atoms with Gasteiger partial charge in [-0.05, 0) is 25.3 Å². The van der Waals surface area contributed by atoms with E-state index in [1.165, 1.54) is 37.0 Å². The molecular formula is C12H20ClN3OS. The molecule has 1 fully saturated rings. The fourth-order valence-corrected chi connectivity index (χ4v) is 2.99. The van der Waals surface area contributed by atoms with Crippen LogP contribution in [0.4, 0.5) is 0 Å². The molecular weight excluding hydrogens is 270 g/mol. The molecule has 0 aromatic carbocycles. The molecule has 0 spiro atoms. The molecule has 1 amide bonds. The van der Waals surface area contributed by atoms with Gasteiger partial charge in [-0.2, -0.15) is 0 Å². The first-order valence-corrected chi connectivity index (χ1v) is 7.10. The Kier molecular flexibility index (Phi) is 6.60. The van der Waals surface area contributed by atoms with Crippen LogP contribution in [0.1, 0.15) is 41.2 Å². The monoisotopic (exact) mass is 289 g/mol. The number of hydrogen-bond acceptors (Lipinski definition) is 4. The average molecular weight is 290 g/mol. The van der Waals surface area contributed by atoms with Crippen molar-refractivity contribution in [2.75, 3.05) is 13.1 Å². The number of thiazole rings is 1. The molecule has 18 heavy (non-hydrogen) atoms. The summed E-state index contributed by atoms with van der Waals surface area (Å²) >= 11 is 1.51. The van der Waals surface area contributed by atoms with Crippen molar-refractivity contribution >= 4 is 29.7 Å². The van der Waals surface area contributed by atoms with Gasteiger partial charge in [-0.3, -0.25) is 4.79 Å². The van der Waals surface area contributed by atoms with Gasteiger partial charge < -0.3 is 11.1 Å². The van der Waals surface area contributed by atoms with Gasteiger partial charge >= 0.3 is 0 Å². The van der Waals surface area contributed by atoms with Crippen molar-refractivity contribution in [1.82, 2.24) is 10.3 Å². The molecule has 1 saturated carbocycles. The average Bonchev–Trinajstić information content (AvgIpc) is 2.97. The lowest BCUT2D eigenvalue weighted by Gasteiger charge is -2.09. The maximum absolute atomic E-state index is 11.8. The molecule has 1 aromatic rings. The van der Waals surface area contributed by atoms with E-state index in [1.54, 1.807) is 0 Å². The number of nitrogens with one attached hydrogen (secondary N) is 1. The zero-order valence-corrected chi connectivity index (χ0v) is 12.0.